The summed E-state index contributed by atoms with van der Waals surface area (Å²) in [5, 5.41) is 4.89. The molecule has 0 radical (unpaired) electrons. The van der Waals surface area contributed by atoms with E-state index in [-0.39, 0.29) is 0 Å². The van der Waals surface area contributed by atoms with Crippen molar-refractivity contribution in [3.63, 3.8) is 0 Å². The Balaban J connectivity index is 2.45. The third kappa shape index (κ3) is 3.64. The molecule has 0 amide bonds. The summed E-state index contributed by atoms with van der Waals surface area (Å²) in [5.41, 5.74) is 4.10. The fourth-order valence-electron chi connectivity index (χ4n) is 2.88. The fourth-order valence-corrected chi connectivity index (χ4v) is 2.88. The van der Waals surface area contributed by atoms with Gasteiger partial charge in [0.15, 0.2) is 0 Å². The zero-order valence-corrected chi connectivity index (χ0v) is 14.7. The van der Waals surface area contributed by atoms with Gasteiger partial charge in [-0.15, -0.1) is 0 Å². The van der Waals surface area contributed by atoms with E-state index in [0.29, 0.717) is 6.04 Å². The highest BCUT2D eigenvalue weighted by Crippen LogP contribution is 2.30. The number of nitrogens with zero attached hydrogens (tertiary/aromatic N) is 1. The molecule has 0 fully saturated rings. The summed E-state index contributed by atoms with van der Waals surface area (Å²) in [6.07, 6.45) is 2.19. The Morgan fingerprint density at radius 3 is 2.59 bits per heavy atom. The van der Waals surface area contributed by atoms with Gasteiger partial charge in [0.25, 0.3) is 0 Å². The van der Waals surface area contributed by atoms with Crippen LogP contribution >= 0.6 is 0 Å². The molecule has 1 heterocycles. The second kappa shape index (κ2) is 7.68. The van der Waals surface area contributed by atoms with Crippen LogP contribution in [-0.4, -0.2) is 17.2 Å². The monoisotopic (exact) mass is 302 g/mol. The largest absolute Gasteiger partial charge is 0.494 e. The van der Waals surface area contributed by atoms with Gasteiger partial charge in [-0.3, -0.25) is 0 Å². The molecule has 2 rings (SSSR count). The molecule has 3 nitrogen and oxygen atoms in total. The summed E-state index contributed by atoms with van der Waals surface area (Å²) in [7, 11) is 0. The van der Waals surface area contributed by atoms with Crippen molar-refractivity contribution in [3.05, 3.63) is 29.5 Å². The molecule has 0 saturated carbocycles. The molecule has 0 saturated heterocycles. The van der Waals surface area contributed by atoms with Crippen molar-refractivity contribution < 1.29 is 4.74 Å². The topological polar surface area (TPSA) is 26.2 Å². The van der Waals surface area contributed by atoms with Crippen LogP contribution < -0.4 is 10.1 Å². The third-order valence-electron chi connectivity index (χ3n) is 4.03. The maximum absolute atomic E-state index is 5.82. The van der Waals surface area contributed by atoms with Crippen LogP contribution in [0.2, 0.25) is 0 Å². The van der Waals surface area contributed by atoms with E-state index in [2.05, 4.69) is 62.7 Å². The average molecular weight is 302 g/mol. The molecule has 0 spiro atoms. The minimum absolute atomic E-state index is 0.489. The molecule has 1 aromatic heterocycles. The van der Waals surface area contributed by atoms with Crippen LogP contribution in [0.1, 0.15) is 51.8 Å². The molecule has 0 unspecified atom stereocenters. The van der Waals surface area contributed by atoms with Crippen molar-refractivity contribution in [2.24, 2.45) is 0 Å². The lowest BCUT2D eigenvalue weighted by Gasteiger charge is -2.09. The molecule has 3 heteroatoms. The first kappa shape index (κ1) is 16.9. The molecular weight excluding hydrogens is 272 g/mol. The summed E-state index contributed by atoms with van der Waals surface area (Å²) in [6, 6.07) is 7.01. The fraction of sp³-hybridized carbons (Fsp3) is 0.579. The molecule has 0 atom stereocenters. The summed E-state index contributed by atoms with van der Waals surface area (Å²) in [4.78, 5) is 0. The van der Waals surface area contributed by atoms with E-state index in [1.54, 1.807) is 0 Å². The Morgan fingerprint density at radius 2 is 1.95 bits per heavy atom. The molecule has 1 N–H and O–H groups in total. The number of nitrogens with one attached hydrogen (secondary N) is 1. The maximum atomic E-state index is 5.82. The first-order valence-corrected chi connectivity index (χ1v) is 8.56. The molecule has 2 aromatic rings. The van der Waals surface area contributed by atoms with Gasteiger partial charge in [0.2, 0.25) is 0 Å². The highest BCUT2D eigenvalue weighted by atomic mass is 16.5. The smallest absolute Gasteiger partial charge is 0.120 e. The summed E-state index contributed by atoms with van der Waals surface area (Å²) < 4.78 is 8.26. The van der Waals surface area contributed by atoms with Crippen molar-refractivity contribution in [1.29, 1.82) is 0 Å². The Kier molecular flexibility index (Phi) is 5.90. The van der Waals surface area contributed by atoms with Crippen molar-refractivity contribution in [1.82, 2.24) is 9.88 Å². The lowest BCUT2D eigenvalue weighted by molar-refractivity contribution is 0.318. The molecule has 0 aliphatic rings. The zero-order valence-electron chi connectivity index (χ0n) is 14.7. The lowest BCUT2D eigenvalue weighted by atomic mass is 10.1. The first-order valence-electron chi connectivity index (χ1n) is 8.56. The molecule has 122 valence electrons. The minimum atomic E-state index is 0.489. The van der Waals surface area contributed by atoms with E-state index in [1.807, 2.05) is 0 Å². The van der Waals surface area contributed by atoms with Gasteiger partial charge in [0.05, 0.1) is 6.61 Å². The number of fused-ring (bicyclic) bond motifs is 1. The van der Waals surface area contributed by atoms with Crippen molar-refractivity contribution in [3.8, 4) is 5.75 Å². The Bertz CT molecular complexity index is 613. The predicted molar refractivity (Wildman–Crippen MR) is 94.7 cm³/mol. The second-order valence-corrected chi connectivity index (χ2v) is 6.28. The quantitative estimate of drug-likeness (QED) is 0.768. The van der Waals surface area contributed by atoms with Crippen LogP contribution in [0.3, 0.4) is 0 Å². The molecule has 0 aliphatic heterocycles. The van der Waals surface area contributed by atoms with Gasteiger partial charge in [-0.05, 0) is 43.5 Å². The van der Waals surface area contributed by atoms with Crippen molar-refractivity contribution >= 4 is 10.9 Å². The van der Waals surface area contributed by atoms with E-state index >= 15 is 0 Å². The van der Waals surface area contributed by atoms with Gasteiger partial charge < -0.3 is 14.6 Å². The number of benzene rings is 1. The van der Waals surface area contributed by atoms with Crippen LogP contribution in [0.5, 0.6) is 5.75 Å². The molecule has 22 heavy (non-hydrogen) atoms. The standard InChI is InChI=1S/C19H30N2O/c1-6-10-21-15(5)18(13-20-14(3)4)17-12-16(22-11-7-2)8-9-19(17)21/h8-9,12,14,20H,6-7,10-11,13H2,1-5H3. The van der Waals surface area contributed by atoms with E-state index in [0.717, 1.165) is 38.3 Å². The number of aryl methyl sites for hydroxylation is 1. The molecule has 0 aliphatic carbocycles. The first-order chi connectivity index (χ1) is 10.6. The van der Waals surface area contributed by atoms with E-state index in [1.165, 1.54) is 22.2 Å². The van der Waals surface area contributed by atoms with Crippen LogP contribution in [0, 0.1) is 6.92 Å². The molecule has 0 bridgehead atoms. The van der Waals surface area contributed by atoms with Gasteiger partial charge in [0, 0.05) is 35.7 Å². The van der Waals surface area contributed by atoms with Gasteiger partial charge in [-0.2, -0.15) is 0 Å². The van der Waals surface area contributed by atoms with Gasteiger partial charge in [-0.25, -0.2) is 0 Å². The molecular formula is C19H30N2O. The average Bonchev–Trinajstić information content (AvgIpc) is 2.75. The van der Waals surface area contributed by atoms with E-state index in [4.69, 9.17) is 4.74 Å². The normalized spacial score (nSPS) is 11.5. The SMILES string of the molecule is CCCOc1ccc2c(c1)c(CNC(C)C)c(C)n2CCC. The van der Waals surface area contributed by atoms with Crippen molar-refractivity contribution in [2.45, 2.75) is 66.6 Å². The van der Waals surface area contributed by atoms with Gasteiger partial charge in [-0.1, -0.05) is 27.7 Å². The summed E-state index contributed by atoms with van der Waals surface area (Å²) >= 11 is 0. The van der Waals surface area contributed by atoms with Crippen LogP contribution in [0.4, 0.5) is 0 Å². The van der Waals surface area contributed by atoms with E-state index in [9.17, 15) is 0 Å². The number of hydrogen-bond donors (Lipinski definition) is 1. The van der Waals surface area contributed by atoms with Crippen molar-refractivity contribution in [2.75, 3.05) is 6.61 Å². The summed E-state index contributed by atoms with van der Waals surface area (Å²) in [5.74, 6) is 0.980. The van der Waals surface area contributed by atoms with Crippen LogP contribution in [0.25, 0.3) is 10.9 Å². The number of ether oxygens (including phenoxy) is 1. The maximum Gasteiger partial charge on any atom is 0.120 e. The lowest BCUT2D eigenvalue weighted by Crippen LogP contribution is -2.22. The highest BCUT2D eigenvalue weighted by Gasteiger charge is 2.14. The number of aromatic nitrogens is 1. The number of hydrogen-bond acceptors (Lipinski definition) is 2. The number of rotatable bonds is 8. The second-order valence-electron chi connectivity index (χ2n) is 6.28. The highest BCUT2D eigenvalue weighted by molar-refractivity contribution is 5.87. The molecule has 1 aromatic carbocycles. The Hall–Kier alpha value is -1.48. The predicted octanol–water partition coefficient (Wildman–Crippen LogP) is 4.65. The van der Waals surface area contributed by atoms with Gasteiger partial charge in [0.1, 0.15) is 5.75 Å². The zero-order chi connectivity index (χ0) is 16.1. The Labute approximate surface area is 134 Å². The third-order valence-corrected chi connectivity index (χ3v) is 4.03. The van der Waals surface area contributed by atoms with Crippen LogP contribution in [0.15, 0.2) is 18.2 Å². The minimum Gasteiger partial charge on any atom is -0.494 e. The van der Waals surface area contributed by atoms with Gasteiger partial charge >= 0.3 is 0 Å². The Morgan fingerprint density at radius 1 is 1.18 bits per heavy atom. The summed E-state index contributed by atoms with van der Waals surface area (Å²) in [6.45, 7) is 13.7. The van der Waals surface area contributed by atoms with E-state index < -0.39 is 0 Å². The van der Waals surface area contributed by atoms with Crippen LogP contribution in [-0.2, 0) is 13.1 Å².